The fourth-order valence-electron chi connectivity index (χ4n) is 1.50. The van der Waals surface area contributed by atoms with Gasteiger partial charge in [0.1, 0.15) is 0 Å². The van der Waals surface area contributed by atoms with Gasteiger partial charge in [-0.05, 0) is 12.8 Å². The highest BCUT2D eigenvalue weighted by atomic mass is 16.6. The van der Waals surface area contributed by atoms with Crippen LogP contribution in [-0.2, 0) is 4.84 Å². The summed E-state index contributed by atoms with van der Waals surface area (Å²) in [6, 6.07) is 0.504. The first kappa shape index (κ1) is 9.53. The average molecular weight is 168 g/mol. The minimum Gasteiger partial charge on any atom is -0.305 e. The van der Waals surface area contributed by atoms with Crippen molar-refractivity contribution in [3.05, 3.63) is 0 Å². The van der Waals surface area contributed by atoms with Crippen LogP contribution in [0.2, 0.25) is 0 Å². The Balaban J connectivity index is 2.16. The zero-order chi connectivity index (χ0) is 8.81. The van der Waals surface area contributed by atoms with Gasteiger partial charge in [0.2, 0.25) is 0 Å². The molecule has 0 aromatic rings. The number of nitrogens with one attached hydrogen (secondary N) is 1. The molecule has 0 aromatic carbocycles. The summed E-state index contributed by atoms with van der Waals surface area (Å²) in [5.41, 5.74) is 2.97. The lowest BCUT2D eigenvalue weighted by molar-refractivity contribution is 0.0381. The molecule has 1 heterocycles. The molecule has 1 rings (SSSR count). The van der Waals surface area contributed by atoms with E-state index in [1.807, 2.05) is 0 Å². The van der Waals surface area contributed by atoms with Crippen molar-refractivity contribution in [2.24, 2.45) is 0 Å². The summed E-state index contributed by atoms with van der Waals surface area (Å²) in [5.74, 6) is 2.66. The van der Waals surface area contributed by atoms with Crippen LogP contribution in [0.5, 0.6) is 0 Å². The second kappa shape index (κ2) is 5.15. The molecule has 0 unspecified atom stereocenters. The maximum absolute atomic E-state index is 5.22. The maximum atomic E-state index is 5.22. The third-order valence-corrected chi connectivity index (χ3v) is 2.19. The molecule has 0 aliphatic carbocycles. The average Bonchev–Trinajstić information content (AvgIpc) is 2.09. The topological polar surface area (TPSA) is 24.5 Å². The van der Waals surface area contributed by atoms with Crippen molar-refractivity contribution in [3.63, 3.8) is 0 Å². The van der Waals surface area contributed by atoms with Gasteiger partial charge in [-0.3, -0.25) is 4.90 Å². The van der Waals surface area contributed by atoms with Crippen LogP contribution in [0.15, 0.2) is 0 Å². The van der Waals surface area contributed by atoms with E-state index >= 15 is 0 Å². The zero-order valence-corrected chi connectivity index (χ0v) is 7.55. The van der Waals surface area contributed by atoms with Crippen molar-refractivity contribution in [1.82, 2.24) is 10.4 Å². The number of hydroxylamine groups is 1. The number of nitrogens with zero attached hydrogens (tertiary/aromatic N) is 1. The fourth-order valence-corrected chi connectivity index (χ4v) is 1.50. The van der Waals surface area contributed by atoms with Gasteiger partial charge in [-0.15, -0.1) is 6.42 Å². The van der Waals surface area contributed by atoms with E-state index in [4.69, 9.17) is 11.3 Å². The molecule has 1 aliphatic heterocycles. The number of piperidine rings is 1. The van der Waals surface area contributed by atoms with Crippen LogP contribution in [0.25, 0.3) is 0 Å². The molecule has 0 aromatic heterocycles. The number of rotatable bonds is 3. The van der Waals surface area contributed by atoms with Crippen molar-refractivity contribution < 1.29 is 4.84 Å². The zero-order valence-electron chi connectivity index (χ0n) is 7.55. The Labute approximate surface area is 74.0 Å². The molecular formula is C9H16N2O. The van der Waals surface area contributed by atoms with Crippen molar-refractivity contribution in [2.75, 3.05) is 26.7 Å². The molecule has 1 N–H and O–H groups in total. The lowest BCUT2D eigenvalue weighted by Gasteiger charge is -2.30. The van der Waals surface area contributed by atoms with E-state index in [9.17, 15) is 0 Å². The van der Waals surface area contributed by atoms with E-state index in [2.05, 4.69) is 16.3 Å². The Morgan fingerprint density at radius 1 is 1.58 bits per heavy atom. The van der Waals surface area contributed by atoms with E-state index in [0.717, 1.165) is 32.5 Å². The van der Waals surface area contributed by atoms with E-state index in [0.29, 0.717) is 6.04 Å². The molecule has 0 spiro atoms. The van der Waals surface area contributed by atoms with Crippen molar-refractivity contribution in [1.29, 1.82) is 0 Å². The minimum atomic E-state index is 0.504. The predicted octanol–water partition coefficient (Wildman–Crippen LogP) is 0.235. The quantitative estimate of drug-likeness (QED) is 0.482. The van der Waals surface area contributed by atoms with Crippen LogP contribution in [0, 0.1) is 12.3 Å². The monoisotopic (exact) mass is 168 g/mol. The Hall–Kier alpha value is -0.560. The van der Waals surface area contributed by atoms with Gasteiger partial charge in [0.25, 0.3) is 0 Å². The highest BCUT2D eigenvalue weighted by molar-refractivity contribution is 4.90. The highest BCUT2D eigenvalue weighted by Crippen LogP contribution is 2.08. The molecule has 3 nitrogen and oxygen atoms in total. The smallest absolute Gasteiger partial charge is 0.0598 e. The van der Waals surface area contributed by atoms with Gasteiger partial charge in [-0.25, -0.2) is 0 Å². The van der Waals surface area contributed by atoms with Crippen LogP contribution in [0.4, 0.5) is 0 Å². The molecule has 1 saturated heterocycles. The third-order valence-electron chi connectivity index (χ3n) is 2.19. The van der Waals surface area contributed by atoms with Gasteiger partial charge in [-0.2, -0.15) is 5.48 Å². The molecule has 68 valence electrons. The van der Waals surface area contributed by atoms with Gasteiger partial charge >= 0.3 is 0 Å². The number of terminal acetylenes is 1. The molecular weight excluding hydrogens is 152 g/mol. The summed E-state index contributed by atoms with van der Waals surface area (Å²) < 4.78 is 0. The van der Waals surface area contributed by atoms with E-state index in [-0.39, 0.29) is 0 Å². The highest BCUT2D eigenvalue weighted by Gasteiger charge is 2.17. The Morgan fingerprint density at radius 3 is 2.75 bits per heavy atom. The van der Waals surface area contributed by atoms with Crippen LogP contribution in [-0.4, -0.2) is 37.7 Å². The normalized spacial score (nSPS) is 20.7. The van der Waals surface area contributed by atoms with Gasteiger partial charge in [0.05, 0.1) is 13.7 Å². The van der Waals surface area contributed by atoms with Gasteiger partial charge in [-0.1, -0.05) is 5.92 Å². The molecule has 1 aliphatic rings. The summed E-state index contributed by atoms with van der Waals surface area (Å²) in [5, 5.41) is 0. The van der Waals surface area contributed by atoms with Gasteiger partial charge in [0.15, 0.2) is 0 Å². The summed E-state index contributed by atoms with van der Waals surface area (Å²) in [6.07, 6.45) is 7.46. The summed E-state index contributed by atoms with van der Waals surface area (Å²) >= 11 is 0. The molecule has 0 bridgehead atoms. The number of hydrogen-bond acceptors (Lipinski definition) is 3. The second-order valence-corrected chi connectivity index (χ2v) is 3.08. The van der Waals surface area contributed by atoms with Gasteiger partial charge in [0, 0.05) is 19.1 Å². The van der Waals surface area contributed by atoms with Crippen LogP contribution >= 0.6 is 0 Å². The maximum Gasteiger partial charge on any atom is 0.0598 e. The van der Waals surface area contributed by atoms with E-state index in [1.165, 1.54) is 0 Å². The second-order valence-electron chi connectivity index (χ2n) is 3.08. The molecule has 0 saturated carbocycles. The third kappa shape index (κ3) is 2.82. The molecule has 0 atom stereocenters. The van der Waals surface area contributed by atoms with Crippen LogP contribution in [0.3, 0.4) is 0 Å². The molecule has 12 heavy (non-hydrogen) atoms. The molecule has 3 heteroatoms. The molecule has 0 amide bonds. The van der Waals surface area contributed by atoms with Crippen LogP contribution in [0.1, 0.15) is 12.8 Å². The van der Waals surface area contributed by atoms with Crippen molar-refractivity contribution >= 4 is 0 Å². The van der Waals surface area contributed by atoms with Crippen LogP contribution < -0.4 is 5.48 Å². The van der Waals surface area contributed by atoms with Crippen molar-refractivity contribution in [3.8, 4) is 12.3 Å². The minimum absolute atomic E-state index is 0.504. The lowest BCUT2D eigenvalue weighted by atomic mass is 10.1. The lowest BCUT2D eigenvalue weighted by Crippen LogP contribution is -2.42. The first-order valence-corrected chi connectivity index (χ1v) is 4.31. The summed E-state index contributed by atoms with van der Waals surface area (Å²) in [6.45, 7) is 2.93. The standard InChI is InChI=1S/C9H16N2O/c1-3-6-11-7-4-9(5-8-11)10-12-2/h1,9-10H,4-8H2,2H3. The molecule has 1 fully saturated rings. The van der Waals surface area contributed by atoms with E-state index < -0.39 is 0 Å². The Kier molecular flexibility index (Phi) is 4.09. The van der Waals surface area contributed by atoms with E-state index in [1.54, 1.807) is 7.11 Å². The largest absolute Gasteiger partial charge is 0.305 e. The predicted molar refractivity (Wildman–Crippen MR) is 48.4 cm³/mol. The summed E-state index contributed by atoms with van der Waals surface area (Å²) in [4.78, 5) is 7.15. The fraction of sp³-hybridized carbons (Fsp3) is 0.778. The Morgan fingerprint density at radius 2 is 2.25 bits per heavy atom. The first-order chi connectivity index (χ1) is 5.86. The van der Waals surface area contributed by atoms with Gasteiger partial charge < -0.3 is 4.84 Å². The number of hydrogen-bond donors (Lipinski definition) is 1. The number of likely N-dealkylation sites (tertiary alicyclic amines) is 1. The Bertz CT molecular complexity index is 156. The molecule has 0 radical (unpaired) electrons. The first-order valence-electron chi connectivity index (χ1n) is 4.31. The SMILES string of the molecule is C#CCN1CCC(NOC)CC1. The summed E-state index contributed by atoms with van der Waals surface area (Å²) in [7, 11) is 1.66. The van der Waals surface area contributed by atoms with Crippen molar-refractivity contribution in [2.45, 2.75) is 18.9 Å².